The zero-order valence-corrected chi connectivity index (χ0v) is 13.0. The monoisotopic (exact) mass is 368 g/mol. The van der Waals surface area contributed by atoms with E-state index >= 15 is 0 Å². The Labute approximate surface area is 124 Å². The number of hydrogen-bond acceptors (Lipinski definition) is 1. The summed E-state index contributed by atoms with van der Waals surface area (Å²) in [4.78, 5) is 0. The van der Waals surface area contributed by atoms with Crippen LogP contribution in [0.2, 0.25) is 0 Å². The molecular weight excluding hydrogens is 356 g/mol. The van der Waals surface area contributed by atoms with Gasteiger partial charge in [0.15, 0.2) is 0 Å². The zero-order chi connectivity index (χ0) is 13.0. The second-order valence-electron chi connectivity index (χ2n) is 4.23. The quantitative estimate of drug-likeness (QED) is 0.814. The van der Waals surface area contributed by atoms with Crippen molar-refractivity contribution in [2.24, 2.45) is 0 Å². The van der Waals surface area contributed by atoms with E-state index in [9.17, 15) is 5.11 Å². The van der Waals surface area contributed by atoms with Crippen LogP contribution in [0.3, 0.4) is 0 Å². The molecule has 1 atom stereocenters. The van der Waals surface area contributed by atoms with Crippen LogP contribution in [0.15, 0.2) is 57.5 Å². The van der Waals surface area contributed by atoms with Crippen molar-refractivity contribution in [1.29, 1.82) is 0 Å². The molecule has 0 bridgehead atoms. The van der Waals surface area contributed by atoms with Crippen molar-refractivity contribution in [3.05, 3.63) is 68.6 Å². The average Bonchev–Trinajstić information content (AvgIpc) is 2.38. The molecule has 0 aliphatic heterocycles. The Hall–Kier alpha value is -0.640. The van der Waals surface area contributed by atoms with Crippen molar-refractivity contribution in [1.82, 2.24) is 0 Å². The van der Waals surface area contributed by atoms with E-state index < -0.39 is 6.10 Å². The molecular formula is C15H14Br2O. The number of aryl methyl sites for hydroxylation is 1. The van der Waals surface area contributed by atoms with E-state index in [1.807, 2.05) is 36.4 Å². The zero-order valence-electron chi connectivity index (χ0n) is 9.81. The molecule has 0 spiro atoms. The van der Waals surface area contributed by atoms with Gasteiger partial charge in [-0.1, -0.05) is 56.1 Å². The number of rotatable bonds is 4. The van der Waals surface area contributed by atoms with Gasteiger partial charge in [-0.3, -0.25) is 0 Å². The van der Waals surface area contributed by atoms with E-state index in [0.717, 1.165) is 27.4 Å². The highest BCUT2D eigenvalue weighted by Gasteiger charge is 2.07. The minimum absolute atomic E-state index is 0.401. The Morgan fingerprint density at radius 3 is 1.89 bits per heavy atom. The van der Waals surface area contributed by atoms with Crippen LogP contribution in [-0.2, 0) is 6.42 Å². The van der Waals surface area contributed by atoms with Crippen molar-refractivity contribution < 1.29 is 5.11 Å². The molecule has 0 aliphatic carbocycles. The number of aliphatic hydroxyl groups is 1. The molecule has 0 fully saturated rings. The van der Waals surface area contributed by atoms with E-state index in [-0.39, 0.29) is 0 Å². The van der Waals surface area contributed by atoms with Crippen molar-refractivity contribution in [2.45, 2.75) is 18.9 Å². The van der Waals surface area contributed by atoms with Crippen molar-refractivity contribution in [3.8, 4) is 0 Å². The van der Waals surface area contributed by atoms with Crippen molar-refractivity contribution in [3.63, 3.8) is 0 Å². The van der Waals surface area contributed by atoms with Crippen LogP contribution < -0.4 is 0 Å². The van der Waals surface area contributed by atoms with Gasteiger partial charge in [-0.15, -0.1) is 0 Å². The van der Waals surface area contributed by atoms with Gasteiger partial charge in [-0.2, -0.15) is 0 Å². The number of halogens is 2. The maximum Gasteiger partial charge on any atom is 0.0793 e. The first-order valence-corrected chi connectivity index (χ1v) is 7.42. The molecule has 0 aromatic heterocycles. The molecule has 0 radical (unpaired) electrons. The molecule has 0 aliphatic rings. The summed E-state index contributed by atoms with van der Waals surface area (Å²) >= 11 is 6.81. The molecule has 0 saturated carbocycles. The summed E-state index contributed by atoms with van der Waals surface area (Å²) in [6, 6.07) is 16.0. The number of aliphatic hydroxyl groups excluding tert-OH is 1. The Kier molecular flexibility index (Phi) is 4.98. The van der Waals surface area contributed by atoms with Crippen molar-refractivity contribution >= 4 is 31.9 Å². The Bertz CT molecular complexity index is 491. The fourth-order valence-electron chi connectivity index (χ4n) is 1.81. The Morgan fingerprint density at radius 2 is 1.33 bits per heavy atom. The molecule has 0 heterocycles. The van der Waals surface area contributed by atoms with Gasteiger partial charge in [0.1, 0.15) is 0 Å². The van der Waals surface area contributed by atoms with Crippen LogP contribution in [0.1, 0.15) is 23.7 Å². The summed E-state index contributed by atoms with van der Waals surface area (Å²) in [5.74, 6) is 0. The van der Waals surface area contributed by atoms with Gasteiger partial charge >= 0.3 is 0 Å². The molecule has 2 aromatic rings. The summed E-state index contributed by atoms with van der Waals surface area (Å²) in [5, 5.41) is 10.1. The van der Waals surface area contributed by atoms with E-state index in [0.29, 0.717) is 0 Å². The lowest BCUT2D eigenvalue weighted by Gasteiger charge is -2.11. The minimum Gasteiger partial charge on any atom is -0.388 e. The SMILES string of the molecule is OC(CCc1ccc(Br)cc1)c1ccc(Br)cc1. The van der Waals surface area contributed by atoms with E-state index in [1.54, 1.807) is 0 Å². The van der Waals surface area contributed by atoms with Crippen molar-refractivity contribution in [2.75, 3.05) is 0 Å². The van der Waals surface area contributed by atoms with Crippen LogP contribution in [0.4, 0.5) is 0 Å². The van der Waals surface area contributed by atoms with E-state index in [1.165, 1.54) is 5.56 Å². The highest BCUT2D eigenvalue weighted by atomic mass is 79.9. The van der Waals surface area contributed by atoms with Gasteiger partial charge in [-0.05, 0) is 48.2 Å². The van der Waals surface area contributed by atoms with Gasteiger partial charge in [0.05, 0.1) is 6.10 Å². The smallest absolute Gasteiger partial charge is 0.0793 e. The third-order valence-electron chi connectivity index (χ3n) is 2.87. The molecule has 1 nitrogen and oxygen atoms in total. The fourth-order valence-corrected chi connectivity index (χ4v) is 2.33. The van der Waals surface area contributed by atoms with E-state index in [2.05, 4.69) is 44.0 Å². The molecule has 3 heteroatoms. The van der Waals surface area contributed by atoms with Gasteiger partial charge in [-0.25, -0.2) is 0 Å². The van der Waals surface area contributed by atoms with E-state index in [4.69, 9.17) is 0 Å². The number of benzene rings is 2. The molecule has 18 heavy (non-hydrogen) atoms. The van der Waals surface area contributed by atoms with Gasteiger partial charge in [0.2, 0.25) is 0 Å². The first-order chi connectivity index (χ1) is 8.65. The maximum absolute atomic E-state index is 10.1. The third kappa shape index (κ3) is 3.94. The predicted molar refractivity (Wildman–Crippen MR) is 81.6 cm³/mol. The molecule has 94 valence electrons. The molecule has 1 N–H and O–H groups in total. The minimum atomic E-state index is -0.401. The maximum atomic E-state index is 10.1. The summed E-state index contributed by atoms with van der Waals surface area (Å²) in [6.07, 6.45) is 1.22. The van der Waals surface area contributed by atoms with Crippen LogP contribution >= 0.6 is 31.9 Å². The largest absolute Gasteiger partial charge is 0.388 e. The Balaban J connectivity index is 1.93. The second kappa shape index (κ2) is 6.50. The van der Waals surface area contributed by atoms with Gasteiger partial charge in [0, 0.05) is 8.95 Å². The lowest BCUT2D eigenvalue weighted by molar-refractivity contribution is 0.168. The van der Waals surface area contributed by atoms with Gasteiger partial charge < -0.3 is 5.11 Å². The van der Waals surface area contributed by atoms with Crippen LogP contribution in [0, 0.1) is 0 Å². The number of hydrogen-bond donors (Lipinski definition) is 1. The lowest BCUT2D eigenvalue weighted by atomic mass is 10.0. The first kappa shape index (κ1) is 13.8. The predicted octanol–water partition coefficient (Wildman–Crippen LogP) is 4.88. The lowest BCUT2D eigenvalue weighted by Crippen LogP contribution is -1.99. The van der Waals surface area contributed by atoms with Crippen LogP contribution in [-0.4, -0.2) is 5.11 Å². The molecule has 2 rings (SSSR count). The summed E-state index contributed by atoms with van der Waals surface area (Å²) in [5.41, 5.74) is 2.21. The molecule has 1 unspecified atom stereocenters. The third-order valence-corrected chi connectivity index (χ3v) is 3.93. The highest BCUT2D eigenvalue weighted by molar-refractivity contribution is 9.10. The van der Waals surface area contributed by atoms with Crippen LogP contribution in [0.25, 0.3) is 0 Å². The standard InChI is InChI=1S/C15H14Br2O/c16-13-6-1-11(2-7-13)3-10-15(18)12-4-8-14(17)9-5-12/h1-2,4-9,15,18H,3,10H2. The Morgan fingerprint density at radius 1 is 0.833 bits per heavy atom. The van der Waals surface area contributed by atoms with Crippen LogP contribution in [0.5, 0.6) is 0 Å². The average molecular weight is 370 g/mol. The second-order valence-corrected chi connectivity index (χ2v) is 6.06. The molecule has 2 aromatic carbocycles. The fraction of sp³-hybridized carbons (Fsp3) is 0.200. The summed E-state index contributed by atoms with van der Waals surface area (Å²) in [7, 11) is 0. The molecule has 0 amide bonds. The topological polar surface area (TPSA) is 20.2 Å². The normalized spacial score (nSPS) is 12.4. The first-order valence-electron chi connectivity index (χ1n) is 5.83. The molecule has 0 saturated heterocycles. The highest BCUT2D eigenvalue weighted by Crippen LogP contribution is 2.21. The summed E-state index contributed by atoms with van der Waals surface area (Å²) < 4.78 is 2.12. The summed E-state index contributed by atoms with van der Waals surface area (Å²) in [6.45, 7) is 0. The van der Waals surface area contributed by atoms with Gasteiger partial charge in [0.25, 0.3) is 0 Å².